The van der Waals surface area contributed by atoms with Gasteiger partial charge in [-0.2, -0.15) is 0 Å². The molecule has 2 N–H and O–H groups in total. The normalized spacial score (nSPS) is 22.6. The molecule has 120 valence electrons. The minimum atomic E-state index is -0.951. The molecule has 22 heavy (non-hydrogen) atoms. The van der Waals surface area contributed by atoms with Gasteiger partial charge in [0.1, 0.15) is 24.0 Å². The number of aliphatic hydroxyl groups excluding tert-OH is 1. The van der Waals surface area contributed by atoms with Crippen LogP contribution in [0.5, 0.6) is 5.75 Å². The van der Waals surface area contributed by atoms with Gasteiger partial charge in [-0.25, -0.2) is 4.79 Å². The summed E-state index contributed by atoms with van der Waals surface area (Å²) in [6, 6.07) is 6.74. The van der Waals surface area contributed by atoms with Crippen molar-refractivity contribution in [2.24, 2.45) is 0 Å². The minimum absolute atomic E-state index is 0.00362. The van der Waals surface area contributed by atoms with E-state index in [1.54, 1.807) is 19.1 Å². The van der Waals surface area contributed by atoms with Crippen LogP contribution >= 0.6 is 15.9 Å². The molecule has 6 nitrogen and oxygen atoms in total. The summed E-state index contributed by atoms with van der Waals surface area (Å²) in [5.74, 6) is 0.283. The van der Waals surface area contributed by atoms with Gasteiger partial charge in [0, 0.05) is 4.47 Å². The lowest BCUT2D eigenvalue weighted by molar-refractivity contribution is -0.132. The summed E-state index contributed by atoms with van der Waals surface area (Å²) in [5.41, 5.74) is -0.887. The van der Waals surface area contributed by atoms with Crippen molar-refractivity contribution in [1.82, 2.24) is 10.2 Å². The van der Waals surface area contributed by atoms with Crippen molar-refractivity contribution in [2.45, 2.75) is 31.9 Å². The summed E-state index contributed by atoms with van der Waals surface area (Å²) < 4.78 is 6.33. The molecule has 1 aromatic carbocycles. The average Bonchev–Trinajstić information content (AvgIpc) is 2.69. The summed E-state index contributed by atoms with van der Waals surface area (Å²) in [6.07, 6.45) is -0.452. The number of halogens is 1. The predicted molar refractivity (Wildman–Crippen MR) is 84.6 cm³/mol. The summed E-state index contributed by atoms with van der Waals surface area (Å²) in [7, 11) is 0. The second-order valence-corrected chi connectivity index (χ2v) is 6.37. The standard InChI is InChI=1S/C15H19BrN2O4/c1-3-15(2)13(20)18(14(21)17-15)8-11(19)9-22-12-6-4-5-10(16)7-12/h4-7,11,19H,3,8-9H2,1-2H3,(H,17,21). The fourth-order valence-corrected chi connectivity index (χ4v) is 2.54. The van der Waals surface area contributed by atoms with E-state index < -0.39 is 17.7 Å². The first-order valence-corrected chi connectivity index (χ1v) is 7.85. The van der Waals surface area contributed by atoms with Crippen LogP contribution in [0.15, 0.2) is 28.7 Å². The van der Waals surface area contributed by atoms with E-state index in [2.05, 4.69) is 21.2 Å². The van der Waals surface area contributed by atoms with Crippen LogP contribution in [0.4, 0.5) is 4.79 Å². The van der Waals surface area contributed by atoms with Crippen molar-refractivity contribution < 1.29 is 19.4 Å². The molecular weight excluding hydrogens is 352 g/mol. The molecule has 0 aliphatic carbocycles. The first-order valence-electron chi connectivity index (χ1n) is 7.06. The molecule has 1 aromatic rings. The third-order valence-electron chi connectivity index (χ3n) is 3.68. The van der Waals surface area contributed by atoms with Crippen LogP contribution in [0, 0.1) is 0 Å². The van der Waals surface area contributed by atoms with Gasteiger partial charge in [-0.15, -0.1) is 0 Å². The fourth-order valence-electron chi connectivity index (χ4n) is 2.17. The van der Waals surface area contributed by atoms with Crippen molar-refractivity contribution >= 4 is 27.9 Å². The highest BCUT2D eigenvalue weighted by atomic mass is 79.9. The predicted octanol–water partition coefficient (Wildman–Crippen LogP) is 1.91. The molecule has 1 heterocycles. The highest BCUT2D eigenvalue weighted by molar-refractivity contribution is 9.10. The minimum Gasteiger partial charge on any atom is -0.491 e. The summed E-state index contributed by atoms with van der Waals surface area (Å²) in [5, 5.41) is 12.7. The average molecular weight is 371 g/mol. The Hall–Kier alpha value is -1.60. The summed E-state index contributed by atoms with van der Waals surface area (Å²) in [6.45, 7) is 3.41. The number of ether oxygens (including phenoxy) is 1. The van der Waals surface area contributed by atoms with Gasteiger partial charge in [-0.05, 0) is 31.5 Å². The highest BCUT2D eigenvalue weighted by Crippen LogP contribution is 2.21. The number of nitrogens with zero attached hydrogens (tertiary/aromatic N) is 1. The number of β-amino-alcohol motifs (C(OH)–C–C–N with tert-alkyl or cyclic N) is 1. The second-order valence-electron chi connectivity index (χ2n) is 5.45. The number of aliphatic hydroxyl groups is 1. The summed E-state index contributed by atoms with van der Waals surface area (Å²) in [4.78, 5) is 25.1. The molecule has 0 bridgehead atoms. The molecule has 3 amide bonds. The second kappa shape index (κ2) is 6.66. The maximum absolute atomic E-state index is 12.2. The fraction of sp³-hybridized carbons (Fsp3) is 0.467. The molecular formula is C15H19BrN2O4. The topological polar surface area (TPSA) is 78.9 Å². The summed E-state index contributed by atoms with van der Waals surface area (Å²) >= 11 is 3.33. The molecule has 7 heteroatoms. The van der Waals surface area contributed by atoms with Crippen LogP contribution in [0.3, 0.4) is 0 Å². The molecule has 0 saturated carbocycles. The zero-order valence-corrected chi connectivity index (χ0v) is 14.1. The molecule has 0 spiro atoms. The lowest BCUT2D eigenvalue weighted by Crippen LogP contribution is -2.44. The Labute approximate surface area is 137 Å². The third kappa shape index (κ3) is 3.59. The Morgan fingerprint density at radius 2 is 2.18 bits per heavy atom. The van der Waals surface area contributed by atoms with Crippen molar-refractivity contribution in [3.05, 3.63) is 28.7 Å². The Balaban J connectivity index is 1.91. The van der Waals surface area contributed by atoms with E-state index in [0.717, 1.165) is 9.37 Å². The Bertz CT molecular complexity index is 580. The Morgan fingerprint density at radius 1 is 1.45 bits per heavy atom. The van der Waals surface area contributed by atoms with Crippen molar-refractivity contribution in [3.63, 3.8) is 0 Å². The smallest absolute Gasteiger partial charge is 0.325 e. The quantitative estimate of drug-likeness (QED) is 0.749. The number of urea groups is 1. The van der Waals surface area contributed by atoms with E-state index in [1.165, 1.54) is 0 Å². The van der Waals surface area contributed by atoms with Crippen LogP contribution in [-0.4, -0.2) is 46.7 Å². The van der Waals surface area contributed by atoms with Crippen LogP contribution in [0.25, 0.3) is 0 Å². The number of rotatable bonds is 6. The van der Waals surface area contributed by atoms with Gasteiger partial charge in [-0.3, -0.25) is 9.69 Å². The maximum Gasteiger partial charge on any atom is 0.325 e. The number of amides is 3. The maximum atomic E-state index is 12.2. The molecule has 1 saturated heterocycles. The van der Waals surface area contributed by atoms with Gasteiger partial charge < -0.3 is 15.2 Å². The van der Waals surface area contributed by atoms with Gasteiger partial charge in [-0.1, -0.05) is 28.9 Å². The first-order chi connectivity index (χ1) is 10.4. The number of imide groups is 1. The lowest BCUT2D eigenvalue weighted by Gasteiger charge is -2.21. The largest absolute Gasteiger partial charge is 0.491 e. The zero-order valence-electron chi connectivity index (χ0n) is 12.5. The van der Waals surface area contributed by atoms with E-state index >= 15 is 0 Å². The molecule has 0 radical (unpaired) electrons. The van der Waals surface area contributed by atoms with Gasteiger partial charge in [0.25, 0.3) is 5.91 Å². The third-order valence-corrected chi connectivity index (χ3v) is 4.18. The molecule has 2 atom stereocenters. The monoisotopic (exact) mass is 370 g/mol. The molecule has 1 aliphatic heterocycles. The number of carbonyl (C=O) groups excluding carboxylic acids is 2. The number of nitrogens with one attached hydrogen (secondary N) is 1. The first kappa shape index (κ1) is 16.8. The van der Waals surface area contributed by atoms with E-state index in [0.29, 0.717) is 12.2 Å². The van der Waals surface area contributed by atoms with Crippen molar-refractivity contribution in [2.75, 3.05) is 13.2 Å². The van der Waals surface area contributed by atoms with Crippen molar-refractivity contribution in [3.8, 4) is 5.75 Å². The highest BCUT2D eigenvalue weighted by Gasteiger charge is 2.46. The molecule has 1 fully saturated rings. The van der Waals surface area contributed by atoms with Crippen LogP contribution in [-0.2, 0) is 4.79 Å². The number of benzene rings is 1. The van der Waals surface area contributed by atoms with E-state index in [9.17, 15) is 14.7 Å². The van der Waals surface area contributed by atoms with Crippen LogP contribution in [0.1, 0.15) is 20.3 Å². The number of hydrogen-bond donors (Lipinski definition) is 2. The van der Waals surface area contributed by atoms with E-state index in [4.69, 9.17) is 4.74 Å². The van der Waals surface area contributed by atoms with Crippen molar-refractivity contribution in [1.29, 1.82) is 0 Å². The number of carbonyl (C=O) groups is 2. The van der Waals surface area contributed by atoms with Gasteiger partial charge >= 0.3 is 6.03 Å². The molecule has 2 unspecified atom stereocenters. The zero-order chi connectivity index (χ0) is 16.3. The van der Waals surface area contributed by atoms with Gasteiger partial charge in [0.15, 0.2) is 0 Å². The Kier molecular flexibility index (Phi) is 5.08. The number of hydrogen-bond acceptors (Lipinski definition) is 4. The molecule has 0 aromatic heterocycles. The molecule has 1 aliphatic rings. The van der Waals surface area contributed by atoms with Crippen LogP contribution < -0.4 is 10.1 Å². The van der Waals surface area contributed by atoms with Crippen LogP contribution in [0.2, 0.25) is 0 Å². The van der Waals surface area contributed by atoms with E-state index in [-0.39, 0.29) is 19.1 Å². The van der Waals surface area contributed by atoms with Gasteiger partial charge in [0.05, 0.1) is 6.54 Å². The van der Waals surface area contributed by atoms with Gasteiger partial charge in [0.2, 0.25) is 0 Å². The lowest BCUT2D eigenvalue weighted by atomic mass is 9.99. The SMILES string of the molecule is CCC1(C)NC(=O)N(CC(O)COc2cccc(Br)c2)C1=O. The Morgan fingerprint density at radius 3 is 2.77 bits per heavy atom. The van der Waals surface area contributed by atoms with E-state index in [1.807, 2.05) is 19.1 Å². The molecule has 2 rings (SSSR count).